The van der Waals surface area contributed by atoms with Crippen molar-refractivity contribution in [2.24, 2.45) is 0 Å². The number of carbonyl (C=O) groups is 2. The van der Waals surface area contributed by atoms with Crippen LogP contribution < -0.4 is 20.3 Å². The summed E-state index contributed by atoms with van der Waals surface area (Å²) in [4.78, 5) is 24.1. The van der Waals surface area contributed by atoms with Gasteiger partial charge in [0.25, 0.3) is 11.8 Å². The van der Waals surface area contributed by atoms with Crippen LogP contribution >= 0.6 is 0 Å². The summed E-state index contributed by atoms with van der Waals surface area (Å²) in [6, 6.07) is 14.1. The van der Waals surface area contributed by atoms with Gasteiger partial charge in [0, 0.05) is 5.56 Å². The second-order valence-electron chi connectivity index (χ2n) is 6.54. The Morgan fingerprint density at radius 3 is 2.41 bits per heavy atom. The molecule has 0 bridgehead atoms. The summed E-state index contributed by atoms with van der Waals surface area (Å²) in [5, 5.41) is 0. The van der Waals surface area contributed by atoms with Gasteiger partial charge in [-0.25, -0.2) is 8.42 Å². The average molecular weight is 418 g/mol. The molecule has 0 unspecified atom stereocenters. The van der Waals surface area contributed by atoms with Gasteiger partial charge in [-0.1, -0.05) is 30.3 Å². The molecule has 3 rings (SSSR count). The first-order valence-corrected chi connectivity index (χ1v) is 11.0. The third-order valence-corrected chi connectivity index (χ3v) is 5.85. The summed E-state index contributed by atoms with van der Waals surface area (Å²) in [6.45, 7) is 0.825. The number of ether oxygens (including phenoxy) is 2. The third-order valence-electron chi connectivity index (χ3n) is 4.23. The Labute approximate surface area is 169 Å². The fourth-order valence-corrected chi connectivity index (χ4v) is 4.03. The minimum atomic E-state index is -3.58. The molecule has 0 atom stereocenters. The monoisotopic (exact) mass is 418 g/mol. The molecule has 1 heterocycles. The van der Waals surface area contributed by atoms with Crippen molar-refractivity contribution in [3.8, 4) is 11.5 Å². The molecule has 0 spiro atoms. The Balaban J connectivity index is 1.44. The van der Waals surface area contributed by atoms with Crippen LogP contribution in [-0.2, 0) is 21.1 Å². The molecule has 1 aliphatic heterocycles. The fraction of sp³-hybridized carbons (Fsp3) is 0.300. The topological polar surface area (TPSA) is 111 Å². The molecule has 154 valence electrons. The zero-order valence-corrected chi connectivity index (χ0v) is 16.5. The van der Waals surface area contributed by atoms with Crippen molar-refractivity contribution in [3.05, 3.63) is 59.7 Å². The molecule has 0 aliphatic carbocycles. The highest BCUT2D eigenvalue weighted by atomic mass is 32.2. The van der Waals surface area contributed by atoms with E-state index in [0.29, 0.717) is 37.6 Å². The first kappa shape index (κ1) is 20.7. The van der Waals surface area contributed by atoms with Gasteiger partial charge < -0.3 is 9.47 Å². The van der Waals surface area contributed by atoms with Gasteiger partial charge in [-0.3, -0.25) is 20.4 Å². The van der Waals surface area contributed by atoms with E-state index in [4.69, 9.17) is 9.47 Å². The Morgan fingerprint density at radius 1 is 0.931 bits per heavy atom. The van der Waals surface area contributed by atoms with Crippen molar-refractivity contribution in [1.82, 2.24) is 10.9 Å². The first-order chi connectivity index (χ1) is 13.9. The second-order valence-corrected chi connectivity index (χ2v) is 8.73. The number of rotatable bonds is 7. The van der Waals surface area contributed by atoms with E-state index in [0.717, 1.165) is 5.56 Å². The Morgan fingerprint density at radius 2 is 1.66 bits per heavy atom. The van der Waals surface area contributed by atoms with E-state index < -0.39 is 27.4 Å². The Hall–Kier alpha value is -3.07. The largest absolute Gasteiger partial charge is 0.486 e. The van der Waals surface area contributed by atoms with E-state index in [1.54, 1.807) is 6.07 Å². The number of hydrogen-bond donors (Lipinski definition) is 2. The Bertz CT molecular complexity index is 976. The number of hydrazine groups is 1. The number of fused-ring (bicyclic) bond motifs is 1. The maximum atomic E-state index is 12.2. The maximum absolute atomic E-state index is 12.2. The number of aryl methyl sites for hydroxylation is 1. The van der Waals surface area contributed by atoms with Crippen LogP contribution in [0.1, 0.15) is 22.3 Å². The van der Waals surface area contributed by atoms with Crippen LogP contribution in [0.2, 0.25) is 0 Å². The number of nitrogens with one attached hydrogen (secondary N) is 2. The van der Waals surface area contributed by atoms with Gasteiger partial charge >= 0.3 is 0 Å². The summed E-state index contributed by atoms with van der Waals surface area (Å²) in [5.41, 5.74) is 5.64. The zero-order valence-electron chi connectivity index (χ0n) is 15.7. The Kier molecular flexibility index (Phi) is 6.71. The maximum Gasteiger partial charge on any atom is 0.269 e. The van der Waals surface area contributed by atoms with E-state index in [1.807, 2.05) is 30.3 Å². The van der Waals surface area contributed by atoms with E-state index in [-0.39, 0.29) is 11.3 Å². The highest BCUT2D eigenvalue weighted by molar-refractivity contribution is 7.92. The zero-order chi connectivity index (χ0) is 20.7. The molecule has 0 radical (unpaired) electrons. The molecule has 0 saturated heterocycles. The quantitative estimate of drug-likeness (QED) is 0.655. The molecule has 0 saturated carbocycles. The molecule has 1 aliphatic rings. The van der Waals surface area contributed by atoms with Gasteiger partial charge in [0.15, 0.2) is 21.3 Å². The third kappa shape index (κ3) is 6.21. The lowest BCUT2D eigenvalue weighted by Crippen LogP contribution is -2.44. The molecular formula is C20H22N2O6S. The molecular weight excluding hydrogens is 396 g/mol. The van der Waals surface area contributed by atoms with Gasteiger partial charge in [-0.05, 0) is 36.6 Å². The number of hydrogen-bond acceptors (Lipinski definition) is 6. The number of benzene rings is 2. The molecule has 0 fully saturated rings. The van der Waals surface area contributed by atoms with Crippen molar-refractivity contribution >= 4 is 21.7 Å². The van der Waals surface area contributed by atoms with Crippen molar-refractivity contribution in [1.29, 1.82) is 0 Å². The van der Waals surface area contributed by atoms with Gasteiger partial charge in [-0.15, -0.1) is 0 Å². The van der Waals surface area contributed by atoms with Gasteiger partial charge in [0.1, 0.15) is 19.0 Å². The van der Waals surface area contributed by atoms with E-state index in [2.05, 4.69) is 10.9 Å². The number of carbonyl (C=O) groups excluding carboxylic acids is 2. The van der Waals surface area contributed by atoms with Gasteiger partial charge in [-0.2, -0.15) is 0 Å². The fourth-order valence-electron chi connectivity index (χ4n) is 2.83. The van der Waals surface area contributed by atoms with Crippen molar-refractivity contribution in [2.45, 2.75) is 12.8 Å². The number of sulfone groups is 1. The summed E-state index contributed by atoms with van der Waals surface area (Å²) >= 11 is 0. The van der Waals surface area contributed by atoms with Gasteiger partial charge in [0.05, 0.1) is 5.75 Å². The molecule has 2 N–H and O–H groups in total. The molecule has 2 aromatic carbocycles. The summed E-state index contributed by atoms with van der Waals surface area (Å²) in [5.74, 6) is -1.20. The van der Waals surface area contributed by atoms with Crippen LogP contribution in [-0.4, -0.2) is 45.0 Å². The predicted octanol–water partition coefficient (Wildman–Crippen LogP) is 1.27. The normalized spacial score (nSPS) is 12.8. The highest BCUT2D eigenvalue weighted by Crippen LogP contribution is 2.30. The van der Waals surface area contributed by atoms with E-state index >= 15 is 0 Å². The lowest BCUT2D eigenvalue weighted by Gasteiger charge is -2.18. The van der Waals surface area contributed by atoms with Crippen LogP contribution in [0.25, 0.3) is 0 Å². The summed E-state index contributed by atoms with van der Waals surface area (Å²) in [7, 11) is -3.58. The first-order valence-electron chi connectivity index (χ1n) is 9.16. The van der Waals surface area contributed by atoms with Crippen LogP contribution in [0.15, 0.2) is 48.5 Å². The van der Waals surface area contributed by atoms with Crippen molar-refractivity contribution in [3.63, 3.8) is 0 Å². The minimum absolute atomic E-state index is 0.106. The van der Waals surface area contributed by atoms with Gasteiger partial charge in [0.2, 0.25) is 0 Å². The van der Waals surface area contributed by atoms with E-state index in [1.165, 1.54) is 12.1 Å². The minimum Gasteiger partial charge on any atom is -0.486 e. The second kappa shape index (κ2) is 9.42. The van der Waals surface area contributed by atoms with Crippen LogP contribution in [0.4, 0.5) is 0 Å². The average Bonchev–Trinajstić information content (AvgIpc) is 2.72. The summed E-state index contributed by atoms with van der Waals surface area (Å²) < 4.78 is 35.0. The lowest BCUT2D eigenvalue weighted by molar-refractivity contribution is -0.119. The van der Waals surface area contributed by atoms with Crippen LogP contribution in [0.5, 0.6) is 11.5 Å². The molecule has 29 heavy (non-hydrogen) atoms. The van der Waals surface area contributed by atoms with Crippen LogP contribution in [0, 0.1) is 0 Å². The van der Waals surface area contributed by atoms with Crippen molar-refractivity contribution < 1.29 is 27.5 Å². The van der Waals surface area contributed by atoms with Crippen LogP contribution in [0.3, 0.4) is 0 Å². The molecule has 8 nitrogen and oxygen atoms in total. The summed E-state index contributed by atoms with van der Waals surface area (Å²) in [6.07, 6.45) is 1.03. The molecule has 9 heteroatoms. The smallest absolute Gasteiger partial charge is 0.269 e. The predicted molar refractivity (Wildman–Crippen MR) is 106 cm³/mol. The number of amides is 2. The standard InChI is InChI=1S/C20H22N2O6S/c23-19(14-29(25,26)12-4-7-15-5-2-1-3-6-15)21-22-20(24)16-8-9-17-18(13-16)28-11-10-27-17/h1-3,5-6,8-9,13H,4,7,10-12,14H2,(H,21,23)(H,22,24). The molecule has 0 aromatic heterocycles. The molecule has 2 aromatic rings. The van der Waals surface area contributed by atoms with Crippen molar-refractivity contribution in [2.75, 3.05) is 24.7 Å². The lowest BCUT2D eigenvalue weighted by atomic mass is 10.1. The SMILES string of the molecule is O=C(CS(=O)(=O)CCCc1ccccc1)NNC(=O)c1ccc2c(c1)OCCO2. The van der Waals surface area contributed by atoms with E-state index in [9.17, 15) is 18.0 Å². The molecule has 2 amide bonds. The highest BCUT2D eigenvalue weighted by Gasteiger charge is 2.18.